The molecule has 0 saturated carbocycles. The van der Waals surface area contributed by atoms with Gasteiger partial charge >= 0.3 is 0 Å². The molecular weight excluding hydrogens is 280 g/mol. The molecule has 0 atom stereocenters. The van der Waals surface area contributed by atoms with Crippen molar-refractivity contribution in [3.05, 3.63) is 59.7 Å². The predicted molar refractivity (Wildman–Crippen MR) is 103 cm³/mol. The van der Waals surface area contributed by atoms with Gasteiger partial charge in [0.25, 0.3) is 0 Å². The van der Waals surface area contributed by atoms with Crippen LogP contribution in [0.2, 0.25) is 0 Å². The summed E-state index contributed by atoms with van der Waals surface area (Å²) in [5, 5.41) is 0. The first-order chi connectivity index (χ1) is 11.0. The predicted octanol–water partition coefficient (Wildman–Crippen LogP) is 5.14. The van der Waals surface area contributed by atoms with Crippen LogP contribution in [0.15, 0.2) is 48.5 Å². The SMILES string of the molecule is CCCCC(c1ccc(N(C)C)cc1)c1ccc(N(C)C)cc1. The fourth-order valence-corrected chi connectivity index (χ4v) is 2.94. The van der Waals surface area contributed by atoms with Gasteiger partial charge in [-0.05, 0) is 41.8 Å². The quantitative estimate of drug-likeness (QED) is 0.698. The maximum absolute atomic E-state index is 2.29. The molecule has 0 aliphatic rings. The standard InChI is InChI=1S/C21H30N2/c1-6-7-8-21(17-9-13-19(14-10-17)22(2)3)18-11-15-20(16-12-18)23(4)5/h9-16,21H,6-8H2,1-5H3. The van der Waals surface area contributed by atoms with Gasteiger partial charge in [0.15, 0.2) is 0 Å². The molecule has 0 heterocycles. The lowest BCUT2D eigenvalue weighted by Gasteiger charge is -2.21. The molecule has 124 valence electrons. The summed E-state index contributed by atoms with van der Waals surface area (Å²) >= 11 is 0. The maximum atomic E-state index is 2.29. The molecule has 0 aliphatic carbocycles. The number of nitrogens with zero attached hydrogens (tertiary/aromatic N) is 2. The summed E-state index contributed by atoms with van der Waals surface area (Å²) in [4.78, 5) is 4.30. The molecular formula is C21H30N2. The molecule has 0 radical (unpaired) electrons. The lowest BCUT2D eigenvalue weighted by Crippen LogP contribution is -2.10. The Morgan fingerprint density at radius 1 is 0.696 bits per heavy atom. The van der Waals surface area contributed by atoms with Crippen LogP contribution >= 0.6 is 0 Å². The number of benzene rings is 2. The van der Waals surface area contributed by atoms with Crippen molar-refractivity contribution in [2.45, 2.75) is 32.1 Å². The number of unbranched alkanes of at least 4 members (excludes halogenated alkanes) is 1. The topological polar surface area (TPSA) is 6.48 Å². The summed E-state index contributed by atoms with van der Waals surface area (Å²) in [6.45, 7) is 2.27. The van der Waals surface area contributed by atoms with Gasteiger partial charge < -0.3 is 9.80 Å². The largest absolute Gasteiger partial charge is 0.378 e. The maximum Gasteiger partial charge on any atom is 0.0361 e. The second-order valence-electron chi connectivity index (χ2n) is 6.67. The van der Waals surface area contributed by atoms with Gasteiger partial charge in [0.2, 0.25) is 0 Å². The van der Waals surface area contributed by atoms with Crippen molar-refractivity contribution in [1.29, 1.82) is 0 Å². The van der Waals surface area contributed by atoms with Crippen LogP contribution in [-0.2, 0) is 0 Å². The number of rotatable bonds is 7. The molecule has 2 aromatic rings. The number of hydrogen-bond donors (Lipinski definition) is 0. The van der Waals surface area contributed by atoms with Crippen LogP contribution in [0.5, 0.6) is 0 Å². The minimum atomic E-state index is 0.488. The Bertz CT molecular complexity index is 531. The summed E-state index contributed by atoms with van der Waals surface area (Å²) in [5.41, 5.74) is 5.35. The van der Waals surface area contributed by atoms with Gasteiger partial charge in [0.1, 0.15) is 0 Å². The Hall–Kier alpha value is -1.96. The average molecular weight is 310 g/mol. The molecule has 2 nitrogen and oxygen atoms in total. The zero-order chi connectivity index (χ0) is 16.8. The van der Waals surface area contributed by atoms with Crippen LogP contribution in [0.4, 0.5) is 11.4 Å². The molecule has 0 spiro atoms. The summed E-state index contributed by atoms with van der Waals surface area (Å²) in [6.07, 6.45) is 3.71. The zero-order valence-corrected chi connectivity index (χ0v) is 15.2. The lowest BCUT2D eigenvalue weighted by atomic mass is 9.87. The van der Waals surface area contributed by atoms with Crippen molar-refractivity contribution in [3.63, 3.8) is 0 Å². The average Bonchev–Trinajstić information content (AvgIpc) is 2.56. The summed E-state index contributed by atoms with van der Waals surface area (Å²) < 4.78 is 0. The lowest BCUT2D eigenvalue weighted by molar-refractivity contribution is 0.650. The van der Waals surface area contributed by atoms with Gasteiger partial charge in [0.05, 0.1) is 0 Å². The van der Waals surface area contributed by atoms with E-state index in [0.717, 1.165) is 0 Å². The van der Waals surface area contributed by atoms with E-state index in [-0.39, 0.29) is 0 Å². The zero-order valence-electron chi connectivity index (χ0n) is 15.2. The highest BCUT2D eigenvalue weighted by Gasteiger charge is 2.14. The molecule has 0 amide bonds. The molecule has 0 saturated heterocycles. The highest BCUT2D eigenvalue weighted by molar-refractivity contribution is 5.50. The third-order valence-electron chi connectivity index (χ3n) is 4.47. The van der Waals surface area contributed by atoms with Gasteiger partial charge in [-0.15, -0.1) is 0 Å². The Morgan fingerprint density at radius 2 is 1.09 bits per heavy atom. The normalized spacial score (nSPS) is 10.9. The Kier molecular flexibility index (Phi) is 6.09. The van der Waals surface area contributed by atoms with Crippen LogP contribution in [0.25, 0.3) is 0 Å². The molecule has 2 aromatic carbocycles. The fourth-order valence-electron chi connectivity index (χ4n) is 2.94. The molecule has 0 bridgehead atoms. The van der Waals surface area contributed by atoms with E-state index in [1.54, 1.807) is 0 Å². The molecule has 23 heavy (non-hydrogen) atoms. The third kappa shape index (κ3) is 4.51. The summed E-state index contributed by atoms with van der Waals surface area (Å²) in [5.74, 6) is 0.488. The fraction of sp³-hybridized carbons (Fsp3) is 0.429. The Morgan fingerprint density at radius 3 is 1.39 bits per heavy atom. The van der Waals surface area contributed by atoms with E-state index in [0.29, 0.717) is 5.92 Å². The molecule has 2 rings (SSSR count). The van der Waals surface area contributed by atoms with E-state index in [1.807, 2.05) is 0 Å². The molecule has 0 aliphatic heterocycles. The molecule has 0 fully saturated rings. The highest BCUT2D eigenvalue weighted by Crippen LogP contribution is 2.31. The van der Waals surface area contributed by atoms with Crippen molar-refractivity contribution in [2.75, 3.05) is 38.0 Å². The van der Waals surface area contributed by atoms with E-state index in [2.05, 4.69) is 93.4 Å². The second-order valence-corrected chi connectivity index (χ2v) is 6.67. The minimum absolute atomic E-state index is 0.488. The van der Waals surface area contributed by atoms with Gasteiger partial charge in [-0.25, -0.2) is 0 Å². The van der Waals surface area contributed by atoms with E-state index < -0.39 is 0 Å². The second kappa shape index (κ2) is 8.05. The van der Waals surface area contributed by atoms with Crippen LogP contribution in [0.3, 0.4) is 0 Å². The Labute approximate surface area is 141 Å². The van der Waals surface area contributed by atoms with Gasteiger partial charge in [0, 0.05) is 45.5 Å². The summed E-state index contributed by atoms with van der Waals surface area (Å²) in [7, 11) is 8.35. The van der Waals surface area contributed by atoms with E-state index in [9.17, 15) is 0 Å². The van der Waals surface area contributed by atoms with Crippen LogP contribution in [-0.4, -0.2) is 28.2 Å². The van der Waals surface area contributed by atoms with E-state index in [1.165, 1.54) is 41.8 Å². The van der Waals surface area contributed by atoms with Crippen LogP contribution in [0.1, 0.15) is 43.2 Å². The first-order valence-electron chi connectivity index (χ1n) is 8.57. The smallest absolute Gasteiger partial charge is 0.0361 e. The van der Waals surface area contributed by atoms with Crippen molar-refractivity contribution >= 4 is 11.4 Å². The first-order valence-corrected chi connectivity index (χ1v) is 8.57. The van der Waals surface area contributed by atoms with Crippen molar-refractivity contribution in [2.24, 2.45) is 0 Å². The van der Waals surface area contributed by atoms with Gasteiger partial charge in [-0.3, -0.25) is 0 Å². The minimum Gasteiger partial charge on any atom is -0.378 e. The van der Waals surface area contributed by atoms with E-state index >= 15 is 0 Å². The highest BCUT2D eigenvalue weighted by atomic mass is 15.1. The van der Waals surface area contributed by atoms with Crippen molar-refractivity contribution < 1.29 is 0 Å². The first kappa shape index (κ1) is 17.4. The van der Waals surface area contributed by atoms with Crippen LogP contribution < -0.4 is 9.80 Å². The van der Waals surface area contributed by atoms with Crippen LogP contribution in [0, 0.1) is 0 Å². The molecule has 2 heteroatoms. The summed E-state index contributed by atoms with van der Waals surface area (Å²) in [6, 6.07) is 18.0. The molecule has 0 N–H and O–H groups in total. The molecule has 0 unspecified atom stereocenters. The van der Waals surface area contributed by atoms with Crippen molar-refractivity contribution in [3.8, 4) is 0 Å². The number of anilines is 2. The van der Waals surface area contributed by atoms with Crippen molar-refractivity contribution in [1.82, 2.24) is 0 Å². The van der Waals surface area contributed by atoms with Gasteiger partial charge in [-0.1, -0.05) is 44.0 Å². The van der Waals surface area contributed by atoms with E-state index in [4.69, 9.17) is 0 Å². The molecule has 0 aromatic heterocycles. The third-order valence-corrected chi connectivity index (χ3v) is 4.47. The Balaban J connectivity index is 2.28. The number of hydrogen-bond acceptors (Lipinski definition) is 2. The van der Waals surface area contributed by atoms with Gasteiger partial charge in [-0.2, -0.15) is 0 Å². The monoisotopic (exact) mass is 310 g/mol.